The molecule has 8 nitrogen and oxygen atoms in total. The van der Waals surface area contributed by atoms with E-state index < -0.39 is 5.91 Å². The molecule has 1 aromatic carbocycles. The van der Waals surface area contributed by atoms with Crippen LogP contribution in [0.2, 0.25) is 5.02 Å². The molecule has 0 spiro atoms. The molecule has 0 saturated carbocycles. The van der Waals surface area contributed by atoms with E-state index in [1.165, 1.54) is 13.3 Å². The molecule has 23 heavy (non-hydrogen) atoms. The molecule has 9 heteroatoms. The number of hydrogen-bond acceptors (Lipinski definition) is 7. The molecular weight excluding hydrogens is 326 g/mol. The molecule has 0 radical (unpaired) electrons. The lowest BCUT2D eigenvalue weighted by Crippen LogP contribution is -2.16. The number of benzene rings is 1. The molecule has 0 aliphatic heterocycles. The van der Waals surface area contributed by atoms with E-state index in [-0.39, 0.29) is 36.4 Å². The maximum Gasteiger partial charge on any atom is 0.286 e. The summed E-state index contributed by atoms with van der Waals surface area (Å²) in [6.45, 7) is -0.285. The minimum atomic E-state index is -0.815. The second-order valence-electron chi connectivity index (χ2n) is 4.20. The third-order valence-corrected chi connectivity index (χ3v) is 2.94. The highest BCUT2D eigenvalue weighted by Gasteiger charge is 2.15. The lowest BCUT2D eigenvalue weighted by molar-refractivity contribution is 0.0988. The Morgan fingerprint density at radius 2 is 2.17 bits per heavy atom. The van der Waals surface area contributed by atoms with Gasteiger partial charge in [-0.25, -0.2) is 4.98 Å². The summed E-state index contributed by atoms with van der Waals surface area (Å²) in [5.74, 6) is -0.153. The number of amides is 1. The van der Waals surface area contributed by atoms with E-state index in [4.69, 9.17) is 36.7 Å². The van der Waals surface area contributed by atoms with Crippen molar-refractivity contribution >= 4 is 17.5 Å². The third-order valence-electron chi connectivity index (χ3n) is 2.63. The van der Waals surface area contributed by atoms with Gasteiger partial charge in [-0.1, -0.05) is 11.6 Å². The summed E-state index contributed by atoms with van der Waals surface area (Å²) in [5.41, 5.74) is 5.13. The van der Waals surface area contributed by atoms with Crippen molar-refractivity contribution in [2.24, 2.45) is 5.73 Å². The summed E-state index contributed by atoms with van der Waals surface area (Å²) in [5, 5.41) is 9.19. The molecule has 0 aliphatic rings. The van der Waals surface area contributed by atoms with Gasteiger partial charge >= 0.3 is 0 Å². The molecule has 0 saturated heterocycles. The first-order chi connectivity index (χ1) is 11.0. The fraction of sp³-hybridized carbons (Fsp3) is 0.214. The molecule has 122 valence electrons. The first kappa shape index (κ1) is 16.8. The van der Waals surface area contributed by atoms with Gasteiger partial charge in [-0.05, 0) is 12.1 Å². The number of halogens is 1. The number of aliphatic hydroxyl groups is 1. The molecule has 3 N–H and O–H groups in total. The molecule has 2 rings (SSSR count). The van der Waals surface area contributed by atoms with Gasteiger partial charge in [0, 0.05) is 6.07 Å². The van der Waals surface area contributed by atoms with Gasteiger partial charge in [0.05, 0.1) is 24.9 Å². The maximum absolute atomic E-state index is 11.1. The Morgan fingerprint density at radius 1 is 1.39 bits per heavy atom. The number of nitrogens with zero attached hydrogens (tertiary/aromatic N) is 2. The molecule has 1 amide bonds. The zero-order valence-electron chi connectivity index (χ0n) is 12.2. The maximum atomic E-state index is 11.1. The van der Waals surface area contributed by atoms with Gasteiger partial charge in [-0.2, -0.15) is 4.98 Å². The summed E-state index contributed by atoms with van der Waals surface area (Å²) < 4.78 is 16.0. The van der Waals surface area contributed by atoms with Crippen molar-refractivity contribution in [1.82, 2.24) is 9.97 Å². The average molecular weight is 340 g/mol. The molecule has 2 aromatic rings. The van der Waals surface area contributed by atoms with Crippen molar-refractivity contribution in [3.8, 4) is 23.1 Å². The lowest BCUT2D eigenvalue weighted by atomic mass is 10.3. The van der Waals surface area contributed by atoms with Gasteiger partial charge in [-0.15, -0.1) is 0 Å². The lowest BCUT2D eigenvalue weighted by Gasteiger charge is -2.12. The highest BCUT2D eigenvalue weighted by molar-refractivity contribution is 6.32. The highest BCUT2D eigenvalue weighted by Crippen LogP contribution is 2.35. The fourth-order valence-electron chi connectivity index (χ4n) is 1.60. The van der Waals surface area contributed by atoms with Crippen LogP contribution in [-0.4, -0.2) is 41.3 Å². The number of carbonyl (C=O) groups is 1. The van der Waals surface area contributed by atoms with Gasteiger partial charge in [0.15, 0.2) is 0 Å². The number of methoxy groups -OCH3 is 1. The fourth-order valence-corrected chi connectivity index (χ4v) is 1.75. The smallest absolute Gasteiger partial charge is 0.286 e. The van der Waals surface area contributed by atoms with Crippen LogP contribution in [0.3, 0.4) is 0 Å². The second-order valence-corrected chi connectivity index (χ2v) is 4.60. The summed E-state index contributed by atoms with van der Waals surface area (Å²) in [6, 6.07) is 4.84. The number of aliphatic hydroxyl groups excluding tert-OH is 1. The quantitative estimate of drug-likeness (QED) is 0.783. The molecule has 0 fully saturated rings. The Balaban J connectivity index is 2.36. The summed E-state index contributed by atoms with van der Waals surface area (Å²) in [4.78, 5) is 18.8. The van der Waals surface area contributed by atoms with Crippen molar-refractivity contribution < 1.29 is 24.1 Å². The Kier molecular flexibility index (Phi) is 5.56. The zero-order valence-corrected chi connectivity index (χ0v) is 12.9. The van der Waals surface area contributed by atoms with Gasteiger partial charge in [0.25, 0.3) is 11.8 Å². The SMILES string of the molecule is COc1ccc(Cl)c(Oc2cnc(C(N)=O)nc2OCCO)c1. The van der Waals surface area contributed by atoms with Crippen LogP contribution in [0.15, 0.2) is 24.4 Å². The third kappa shape index (κ3) is 4.21. The van der Waals surface area contributed by atoms with E-state index in [0.29, 0.717) is 10.8 Å². The Labute approximate surface area is 136 Å². The van der Waals surface area contributed by atoms with Crippen LogP contribution in [0.25, 0.3) is 0 Å². The van der Waals surface area contributed by atoms with Gasteiger partial charge in [0.1, 0.15) is 18.1 Å². The number of primary amides is 1. The standard InChI is InChI=1S/C14H14ClN3O5/c1-21-8-2-3-9(15)10(6-8)23-11-7-17-13(12(16)20)18-14(11)22-5-4-19/h2-3,6-7,19H,4-5H2,1H3,(H2,16,20). The molecular formula is C14H14ClN3O5. The van der Waals surface area contributed by atoms with Crippen molar-refractivity contribution in [3.05, 3.63) is 35.2 Å². The Hall–Kier alpha value is -2.58. The van der Waals surface area contributed by atoms with Crippen molar-refractivity contribution in [2.75, 3.05) is 20.3 Å². The first-order valence-electron chi connectivity index (χ1n) is 6.47. The largest absolute Gasteiger partial charge is 0.497 e. The van der Waals surface area contributed by atoms with Crippen molar-refractivity contribution in [2.45, 2.75) is 0 Å². The van der Waals surface area contributed by atoms with E-state index in [2.05, 4.69) is 9.97 Å². The van der Waals surface area contributed by atoms with E-state index >= 15 is 0 Å². The monoisotopic (exact) mass is 339 g/mol. The predicted octanol–water partition coefficient (Wildman–Crippen LogP) is 1.40. The molecule has 0 atom stereocenters. The summed E-state index contributed by atoms with van der Waals surface area (Å²) in [6.07, 6.45) is 1.23. The van der Waals surface area contributed by atoms with Crippen LogP contribution >= 0.6 is 11.6 Å². The van der Waals surface area contributed by atoms with E-state index in [1.54, 1.807) is 18.2 Å². The normalized spacial score (nSPS) is 10.2. The minimum Gasteiger partial charge on any atom is -0.497 e. The average Bonchev–Trinajstić information content (AvgIpc) is 2.55. The van der Waals surface area contributed by atoms with Crippen LogP contribution in [0, 0.1) is 0 Å². The highest BCUT2D eigenvalue weighted by atomic mass is 35.5. The summed E-state index contributed by atoms with van der Waals surface area (Å²) in [7, 11) is 1.51. The van der Waals surface area contributed by atoms with Crippen LogP contribution in [-0.2, 0) is 0 Å². The molecule has 0 bridgehead atoms. The van der Waals surface area contributed by atoms with Crippen LogP contribution in [0.1, 0.15) is 10.6 Å². The van der Waals surface area contributed by atoms with Crippen molar-refractivity contribution in [3.63, 3.8) is 0 Å². The first-order valence-corrected chi connectivity index (χ1v) is 6.85. The number of hydrogen-bond donors (Lipinski definition) is 2. The molecule has 0 unspecified atom stereocenters. The van der Waals surface area contributed by atoms with Gasteiger partial charge in [-0.3, -0.25) is 4.79 Å². The summed E-state index contributed by atoms with van der Waals surface area (Å²) >= 11 is 6.07. The Morgan fingerprint density at radius 3 is 2.83 bits per heavy atom. The number of carbonyl (C=O) groups excluding carboxylic acids is 1. The number of ether oxygens (including phenoxy) is 3. The van der Waals surface area contributed by atoms with Crippen molar-refractivity contribution in [1.29, 1.82) is 0 Å². The molecule has 0 aliphatic carbocycles. The van der Waals surface area contributed by atoms with Gasteiger partial charge < -0.3 is 25.1 Å². The Bertz CT molecular complexity index is 711. The predicted molar refractivity (Wildman–Crippen MR) is 81.2 cm³/mol. The van der Waals surface area contributed by atoms with Crippen LogP contribution in [0.5, 0.6) is 23.1 Å². The zero-order chi connectivity index (χ0) is 16.8. The van der Waals surface area contributed by atoms with Crippen LogP contribution in [0.4, 0.5) is 0 Å². The van der Waals surface area contributed by atoms with Gasteiger partial charge in [0.2, 0.25) is 11.6 Å². The van der Waals surface area contributed by atoms with E-state index in [9.17, 15) is 4.79 Å². The molecule has 1 heterocycles. The van der Waals surface area contributed by atoms with Crippen LogP contribution < -0.4 is 19.9 Å². The number of rotatable bonds is 7. The minimum absolute atomic E-state index is 0.0401. The number of nitrogens with two attached hydrogens (primary N) is 1. The van der Waals surface area contributed by atoms with E-state index in [1.807, 2.05) is 0 Å². The molecule has 1 aromatic heterocycles. The topological polar surface area (TPSA) is 117 Å². The van der Waals surface area contributed by atoms with E-state index in [0.717, 1.165) is 0 Å². The second kappa shape index (κ2) is 7.61. The number of aromatic nitrogens is 2.